The van der Waals surface area contributed by atoms with E-state index in [1.54, 1.807) is 6.07 Å². The molecule has 0 radical (unpaired) electrons. The summed E-state index contributed by atoms with van der Waals surface area (Å²) < 4.78 is 76.2. The number of ether oxygens (including phenoxy) is 1. The lowest BCUT2D eigenvalue weighted by Gasteiger charge is -2.23. The highest BCUT2D eigenvalue weighted by atomic mass is 35.5. The SMILES string of the molecule is C=CCN(Cc1cnc(S(=O)(=O)Cc2ccccc2F)n1CC1CCCO1)S(=O)(=O)c1ccc(Cl)cc1. The average Bonchev–Trinajstić information content (AvgIpc) is 3.51. The number of halogens is 2. The number of imidazole rings is 1. The van der Waals surface area contributed by atoms with Crippen LogP contribution in [0.3, 0.4) is 0 Å². The molecule has 1 atom stereocenters. The Hall–Kier alpha value is -2.57. The Labute approximate surface area is 221 Å². The number of nitrogens with zero attached hydrogens (tertiary/aromatic N) is 3. The zero-order valence-corrected chi connectivity index (χ0v) is 22.4. The van der Waals surface area contributed by atoms with Crippen LogP contribution in [0.1, 0.15) is 24.1 Å². The van der Waals surface area contributed by atoms with E-state index in [1.165, 1.54) is 63.6 Å². The molecule has 3 aromatic rings. The first-order valence-corrected chi connectivity index (χ1v) is 15.1. The van der Waals surface area contributed by atoms with E-state index in [4.69, 9.17) is 16.3 Å². The van der Waals surface area contributed by atoms with E-state index >= 15 is 0 Å². The van der Waals surface area contributed by atoms with Gasteiger partial charge in [0.25, 0.3) is 0 Å². The molecule has 1 aliphatic rings. The molecule has 1 aliphatic heterocycles. The topological polar surface area (TPSA) is 98.6 Å². The van der Waals surface area contributed by atoms with Crippen LogP contribution in [-0.4, -0.2) is 49.9 Å². The van der Waals surface area contributed by atoms with Crippen molar-refractivity contribution in [2.75, 3.05) is 13.2 Å². The molecule has 0 saturated carbocycles. The van der Waals surface area contributed by atoms with Crippen LogP contribution in [0.15, 0.2) is 77.4 Å². The Bertz CT molecular complexity index is 1470. The number of sulfonamides is 1. The van der Waals surface area contributed by atoms with Gasteiger partial charge in [-0.3, -0.25) is 0 Å². The first-order chi connectivity index (χ1) is 17.6. The van der Waals surface area contributed by atoms with E-state index in [9.17, 15) is 21.2 Å². The maximum absolute atomic E-state index is 14.2. The summed E-state index contributed by atoms with van der Waals surface area (Å²) >= 11 is 5.92. The molecule has 1 fully saturated rings. The number of hydrogen-bond donors (Lipinski definition) is 0. The lowest BCUT2D eigenvalue weighted by Crippen LogP contribution is -2.32. The molecule has 1 unspecified atom stereocenters. The van der Waals surface area contributed by atoms with Crippen molar-refractivity contribution < 1.29 is 26.0 Å². The van der Waals surface area contributed by atoms with Crippen LogP contribution < -0.4 is 0 Å². The molecule has 8 nitrogen and oxygen atoms in total. The van der Waals surface area contributed by atoms with Crippen molar-refractivity contribution in [2.45, 2.75) is 47.8 Å². The van der Waals surface area contributed by atoms with Gasteiger partial charge in [0.15, 0.2) is 0 Å². The first-order valence-electron chi connectivity index (χ1n) is 11.6. The average molecular weight is 568 g/mol. The van der Waals surface area contributed by atoms with E-state index in [1.807, 2.05) is 0 Å². The molecule has 4 rings (SSSR count). The highest BCUT2D eigenvalue weighted by Gasteiger charge is 2.30. The predicted octanol–water partition coefficient (Wildman–Crippen LogP) is 4.21. The van der Waals surface area contributed by atoms with Crippen LogP contribution in [0.5, 0.6) is 0 Å². The smallest absolute Gasteiger partial charge is 0.243 e. The summed E-state index contributed by atoms with van der Waals surface area (Å²) in [4.78, 5) is 4.21. The minimum Gasteiger partial charge on any atom is -0.376 e. The fourth-order valence-corrected chi connectivity index (χ4v) is 7.19. The molecule has 12 heteroatoms. The monoisotopic (exact) mass is 567 g/mol. The highest BCUT2D eigenvalue weighted by Crippen LogP contribution is 2.25. The molecule has 0 N–H and O–H groups in total. The zero-order valence-electron chi connectivity index (χ0n) is 20.0. The van der Waals surface area contributed by atoms with Crippen molar-refractivity contribution in [2.24, 2.45) is 0 Å². The largest absolute Gasteiger partial charge is 0.376 e. The Kier molecular flexibility index (Phi) is 8.49. The van der Waals surface area contributed by atoms with Gasteiger partial charge in [-0.15, -0.1) is 6.58 Å². The van der Waals surface area contributed by atoms with Gasteiger partial charge in [0.1, 0.15) is 5.82 Å². The van der Waals surface area contributed by atoms with E-state index in [2.05, 4.69) is 11.6 Å². The van der Waals surface area contributed by atoms with Crippen molar-refractivity contribution in [3.05, 3.63) is 89.5 Å². The molecule has 1 saturated heterocycles. The summed E-state index contributed by atoms with van der Waals surface area (Å²) in [6.45, 7) is 4.21. The fourth-order valence-electron chi connectivity index (χ4n) is 4.17. The van der Waals surface area contributed by atoms with Crippen molar-refractivity contribution >= 4 is 31.5 Å². The van der Waals surface area contributed by atoms with Crippen molar-refractivity contribution in [3.63, 3.8) is 0 Å². The second-order valence-corrected chi connectivity index (χ2v) is 12.9. The minimum absolute atomic E-state index is 0.0205. The molecule has 0 aliphatic carbocycles. The molecule has 2 aromatic carbocycles. The van der Waals surface area contributed by atoms with Crippen LogP contribution in [0, 0.1) is 5.82 Å². The lowest BCUT2D eigenvalue weighted by atomic mass is 10.2. The lowest BCUT2D eigenvalue weighted by molar-refractivity contribution is 0.0938. The van der Waals surface area contributed by atoms with Gasteiger partial charge in [-0.2, -0.15) is 4.31 Å². The van der Waals surface area contributed by atoms with Gasteiger partial charge in [-0.25, -0.2) is 26.2 Å². The molecular weight excluding hydrogens is 541 g/mol. The molecule has 1 aromatic heterocycles. The van der Waals surface area contributed by atoms with Gasteiger partial charge < -0.3 is 9.30 Å². The third kappa shape index (κ3) is 6.29. The maximum atomic E-state index is 14.2. The second kappa shape index (κ2) is 11.4. The van der Waals surface area contributed by atoms with Crippen LogP contribution in [0.25, 0.3) is 0 Å². The molecule has 0 bridgehead atoms. The van der Waals surface area contributed by atoms with Crippen LogP contribution in [0.2, 0.25) is 5.02 Å². The number of rotatable bonds is 11. The number of hydrogen-bond acceptors (Lipinski definition) is 6. The van der Waals surface area contributed by atoms with Gasteiger partial charge in [-0.1, -0.05) is 35.9 Å². The molecule has 0 amide bonds. The third-order valence-corrected chi connectivity index (χ3v) is 9.67. The van der Waals surface area contributed by atoms with E-state index in [-0.39, 0.29) is 41.4 Å². The zero-order chi connectivity index (χ0) is 26.6. The summed E-state index contributed by atoms with van der Waals surface area (Å²) in [6, 6.07) is 11.4. The molecule has 2 heterocycles. The minimum atomic E-state index is -4.07. The summed E-state index contributed by atoms with van der Waals surface area (Å²) in [5, 5.41) is 0.136. The second-order valence-electron chi connectivity index (χ2n) is 8.67. The normalized spacial score (nSPS) is 16.4. The summed E-state index contributed by atoms with van der Waals surface area (Å²) in [6.07, 6.45) is 4.10. The summed E-state index contributed by atoms with van der Waals surface area (Å²) in [5.74, 6) is -1.21. The molecular formula is C25H27ClFN3O5S2. The highest BCUT2D eigenvalue weighted by molar-refractivity contribution is 7.90. The Balaban J connectivity index is 1.72. The fraction of sp³-hybridized carbons (Fsp3) is 0.320. The molecule has 198 valence electrons. The predicted molar refractivity (Wildman–Crippen MR) is 138 cm³/mol. The van der Waals surface area contributed by atoms with Gasteiger partial charge in [0, 0.05) is 23.7 Å². The number of benzene rings is 2. The quantitative estimate of drug-likeness (QED) is 0.322. The van der Waals surface area contributed by atoms with Gasteiger partial charge in [0.2, 0.25) is 25.0 Å². The van der Waals surface area contributed by atoms with Crippen molar-refractivity contribution in [1.29, 1.82) is 0 Å². The Morgan fingerprint density at radius 1 is 1.16 bits per heavy atom. The number of aromatic nitrogens is 2. The van der Waals surface area contributed by atoms with E-state index in [0.29, 0.717) is 17.3 Å². The van der Waals surface area contributed by atoms with Crippen LogP contribution in [0.4, 0.5) is 4.39 Å². The van der Waals surface area contributed by atoms with Crippen LogP contribution in [-0.2, 0) is 43.4 Å². The third-order valence-electron chi connectivity index (χ3n) is 6.02. The van der Waals surface area contributed by atoms with E-state index < -0.39 is 31.4 Å². The Morgan fingerprint density at radius 2 is 1.89 bits per heavy atom. The Morgan fingerprint density at radius 3 is 2.54 bits per heavy atom. The van der Waals surface area contributed by atoms with E-state index in [0.717, 1.165) is 12.8 Å². The first kappa shape index (κ1) is 27.5. The van der Waals surface area contributed by atoms with Crippen molar-refractivity contribution in [3.8, 4) is 0 Å². The molecule has 37 heavy (non-hydrogen) atoms. The van der Waals surface area contributed by atoms with Gasteiger partial charge in [-0.05, 0) is 43.2 Å². The maximum Gasteiger partial charge on any atom is 0.243 e. The number of sulfone groups is 1. The summed E-state index contributed by atoms with van der Waals surface area (Å²) in [5.41, 5.74) is 0.385. The van der Waals surface area contributed by atoms with Gasteiger partial charge >= 0.3 is 0 Å². The van der Waals surface area contributed by atoms with Crippen molar-refractivity contribution in [1.82, 2.24) is 13.9 Å². The van der Waals surface area contributed by atoms with Gasteiger partial charge in [0.05, 0.1) is 41.7 Å². The van der Waals surface area contributed by atoms with Crippen LogP contribution >= 0.6 is 11.6 Å². The standard InChI is InChI=1S/C25H27ClFN3O5S2/c1-2-13-29(37(33,34)23-11-9-20(26)10-12-23)16-21-15-28-25(30(21)17-22-7-5-14-35-22)36(31,32)18-19-6-3-4-8-24(19)27/h2-4,6,8-12,15,22H,1,5,7,13-14,16-18H2. The summed E-state index contributed by atoms with van der Waals surface area (Å²) in [7, 11) is -8.04. The molecule has 0 spiro atoms.